The molecule has 0 saturated heterocycles. The Bertz CT molecular complexity index is 564. The fourth-order valence-corrected chi connectivity index (χ4v) is 2.17. The smallest absolute Gasteiger partial charge is 0.251 e. The van der Waals surface area contributed by atoms with Crippen molar-refractivity contribution in [2.45, 2.75) is 39.0 Å². The van der Waals surface area contributed by atoms with Crippen LogP contribution in [0.5, 0.6) is 0 Å². The zero-order valence-corrected chi connectivity index (χ0v) is 19.0. The second kappa shape index (κ2) is 12.4. The summed E-state index contributed by atoms with van der Waals surface area (Å²) in [6, 6.07) is 7.60. The molecule has 0 heterocycles. The number of amides is 1. The molecule has 0 saturated carbocycles. The predicted molar refractivity (Wildman–Crippen MR) is 120 cm³/mol. The Balaban J connectivity index is 0.00000576. The van der Waals surface area contributed by atoms with E-state index in [1.165, 1.54) is 0 Å². The molecule has 142 valence electrons. The first kappa shape index (κ1) is 24.0. The lowest BCUT2D eigenvalue weighted by atomic mass is 10.1. The van der Waals surface area contributed by atoms with E-state index in [-0.39, 0.29) is 34.6 Å². The molecule has 1 amide bonds. The molecule has 1 rings (SSSR count). The van der Waals surface area contributed by atoms with Crippen LogP contribution >= 0.6 is 35.7 Å². The minimum absolute atomic E-state index is 0. The molecule has 0 bridgehead atoms. The number of guanidine groups is 1. The summed E-state index contributed by atoms with van der Waals surface area (Å²) in [5.74, 6) is 0.748. The molecule has 0 aromatic heterocycles. The normalized spacial score (nSPS) is 11.5. The second-order valence-corrected chi connectivity index (χ2v) is 7.59. The van der Waals surface area contributed by atoms with Crippen LogP contribution in [0.25, 0.3) is 0 Å². The van der Waals surface area contributed by atoms with Crippen molar-refractivity contribution in [3.8, 4) is 0 Å². The van der Waals surface area contributed by atoms with Crippen LogP contribution in [0.2, 0.25) is 0 Å². The number of nitrogens with one attached hydrogen (secondary N) is 3. The lowest BCUT2D eigenvalue weighted by Gasteiger charge is -2.23. The van der Waals surface area contributed by atoms with E-state index < -0.39 is 0 Å². The molecule has 0 atom stereocenters. The third-order valence-corrected chi connectivity index (χ3v) is 4.77. The molecule has 0 fully saturated rings. The van der Waals surface area contributed by atoms with Gasteiger partial charge in [-0.3, -0.25) is 4.79 Å². The highest BCUT2D eigenvalue weighted by atomic mass is 127. The van der Waals surface area contributed by atoms with Crippen LogP contribution in [-0.2, 0) is 6.54 Å². The first-order chi connectivity index (χ1) is 11.4. The number of rotatable bonds is 8. The van der Waals surface area contributed by atoms with Crippen molar-refractivity contribution in [3.05, 3.63) is 35.4 Å². The quantitative estimate of drug-likeness (QED) is 0.305. The summed E-state index contributed by atoms with van der Waals surface area (Å²) in [4.78, 5) is 16.5. The Kier molecular flexibility index (Phi) is 11.9. The van der Waals surface area contributed by atoms with E-state index in [0.717, 1.165) is 24.6 Å². The van der Waals surface area contributed by atoms with E-state index in [1.807, 2.05) is 49.9 Å². The van der Waals surface area contributed by atoms with Gasteiger partial charge in [-0.25, -0.2) is 4.99 Å². The van der Waals surface area contributed by atoms with E-state index in [1.54, 1.807) is 0 Å². The number of hydrogen-bond donors (Lipinski definition) is 3. The number of halogens is 1. The van der Waals surface area contributed by atoms with Crippen LogP contribution < -0.4 is 16.0 Å². The second-order valence-electron chi connectivity index (χ2n) is 6.07. The van der Waals surface area contributed by atoms with Gasteiger partial charge >= 0.3 is 0 Å². The highest BCUT2D eigenvalue weighted by Crippen LogP contribution is 2.19. The van der Waals surface area contributed by atoms with Gasteiger partial charge in [0, 0.05) is 29.9 Å². The molecule has 0 radical (unpaired) electrons. The van der Waals surface area contributed by atoms with E-state index >= 15 is 0 Å². The van der Waals surface area contributed by atoms with Crippen LogP contribution in [-0.4, -0.2) is 42.5 Å². The maximum atomic E-state index is 11.9. The maximum absolute atomic E-state index is 11.9. The first-order valence-electron chi connectivity index (χ1n) is 8.36. The van der Waals surface area contributed by atoms with Crippen LogP contribution in [0, 0.1) is 0 Å². The molecular weight excluding hydrogens is 447 g/mol. The third-order valence-electron chi connectivity index (χ3n) is 3.52. The maximum Gasteiger partial charge on any atom is 0.251 e. The molecule has 1 aromatic carbocycles. The lowest BCUT2D eigenvalue weighted by Crippen LogP contribution is -2.43. The summed E-state index contributed by atoms with van der Waals surface area (Å²) in [6.07, 6.45) is 2.11. The molecule has 0 aliphatic carbocycles. The Morgan fingerprint density at radius 2 is 1.84 bits per heavy atom. The number of carbonyl (C=O) groups excluding carboxylic acids is 1. The van der Waals surface area contributed by atoms with Gasteiger partial charge in [0.2, 0.25) is 0 Å². The van der Waals surface area contributed by atoms with E-state index in [9.17, 15) is 4.79 Å². The summed E-state index contributed by atoms with van der Waals surface area (Å²) in [5.41, 5.74) is 1.69. The minimum atomic E-state index is -0.0462. The zero-order valence-electron chi connectivity index (χ0n) is 15.8. The Morgan fingerprint density at radius 3 is 2.44 bits per heavy atom. The molecule has 7 heteroatoms. The molecule has 3 N–H and O–H groups in total. The Hall–Kier alpha value is -0.960. The summed E-state index contributed by atoms with van der Waals surface area (Å²) in [6.45, 7) is 11.2. The molecule has 5 nitrogen and oxygen atoms in total. The van der Waals surface area contributed by atoms with Gasteiger partial charge in [0.15, 0.2) is 5.96 Å². The number of benzene rings is 1. The summed E-state index contributed by atoms with van der Waals surface area (Å²) < 4.78 is 0.147. The lowest BCUT2D eigenvalue weighted by molar-refractivity contribution is 0.0955. The number of thioether (sulfide) groups is 1. The Labute approximate surface area is 173 Å². The van der Waals surface area contributed by atoms with Gasteiger partial charge in [-0.2, -0.15) is 11.8 Å². The number of aliphatic imine (C=N–C) groups is 1. The van der Waals surface area contributed by atoms with E-state index in [2.05, 4.69) is 41.0 Å². The van der Waals surface area contributed by atoms with Crippen LogP contribution in [0.1, 0.15) is 43.6 Å². The zero-order chi connectivity index (χ0) is 18.0. The van der Waals surface area contributed by atoms with E-state index in [4.69, 9.17) is 0 Å². The minimum Gasteiger partial charge on any atom is -0.357 e. The molecule has 0 aliphatic heterocycles. The monoisotopic (exact) mass is 478 g/mol. The third kappa shape index (κ3) is 9.34. The predicted octanol–water partition coefficient (Wildman–Crippen LogP) is 3.25. The molecule has 0 aliphatic rings. The SMILES string of the molecule is CCNC(=O)c1cccc(CN=C(NCC)NCC(C)(C)SC)c1.I. The summed E-state index contributed by atoms with van der Waals surface area (Å²) >= 11 is 1.82. The van der Waals surface area contributed by atoms with Gasteiger partial charge in [0.1, 0.15) is 0 Å². The van der Waals surface area contributed by atoms with Gasteiger partial charge in [-0.1, -0.05) is 12.1 Å². The fourth-order valence-electron chi connectivity index (χ4n) is 1.95. The standard InChI is InChI=1S/C18H30N4OS.HI/c1-6-19-16(23)15-10-8-9-14(11-15)12-21-17(20-7-2)22-13-18(3,4)24-5;/h8-11H,6-7,12-13H2,1-5H3,(H,19,23)(H2,20,21,22);1H. The topological polar surface area (TPSA) is 65.5 Å². The first-order valence-corrected chi connectivity index (χ1v) is 9.58. The fraction of sp³-hybridized carbons (Fsp3) is 0.556. The molecule has 0 unspecified atom stereocenters. The molecule has 25 heavy (non-hydrogen) atoms. The van der Waals surface area contributed by atoms with Crippen molar-refractivity contribution >= 4 is 47.6 Å². The average molecular weight is 478 g/mol. The Morgan fingerprint density at radius 1 is 1.16 bits per heavy atom. The largest absolute Gasteiger partial charge is 0.357 e. The molecule has 1 aromatic rings. The highest BCUT2D eigenvalue weighted by Gasteiger charge is 2.16. The van der Waals surface area contributed by atoms with Crippen molar-refractivity contribution < 1.29 is 4.79 Å². The van der Waals surface area contributed by atoms with Gasteiger partial charge in [-0.15, -0.1) is 24.0 Å². The number of nitrogens with zero attached hydrogens (tertiary/aromatic N) is 1. The van der Waals surface area contributed by atoms with Gasteiger partial charge in [0.05, 0.1) is 6.54 Å². The summed E-state index contributed by atoms with van der Waals surface area (Å²) in [7, 11) is 0. The van der Waals surface area contributed by atoms with Crippen LogP contribution in [0.3, 0.4) is 0 Å². The number of hydrogen-bond acceptors (Lipinski definition) is 3. The van der Waals surface area contributed by atoms with Crippen molar-refractivity contribution in [1.82, 2.24) is 16.0 Å². The van der Waals surface area contributed by atoms with Gasteiger partial charge in [0.25, 0.3) is 5.91 Å². The van der Waals surface area contributed by atoms with Crippen molar-refractivity contribution in [1.29, 1.82) is 0 Å². The van der Waals surface area contributed by atoms with Crippen LogP contribution in [0.15, 0.2) is 29.3 Å². The molecule has 0 spiro atoms. The van der Waals surface area contributed by atoms with Crippen molar-refractivity contribution in [3.63, 3.8) is 0 Å². The van der Waals surface area contributed by atoms with Gasteiger partial charge in [-0.05, 0) is 51.6 Å². The average Bonchev–Trinajstić information content (AvgIpc) is 2.58. The summed E-state index contributed by atoms with van der Waals surface area (Å²) in [5, 5.41) is 9.45. The highest BCUT2D eigenvalue weighted by molar-refractivity contribution is 14.0. The van der Waals surface area contributed by atoms with Gasteiger partial charge < -0.3 is 16.0 Å². The van der Waals surface area contributed by atoms with E-state index in [0.29, 0.717) is 18.7 Å². The van der Waals surface area contributed by atoms with Crippen molar-refractivity contribution in [2.75, 3.05) is 25.9 Å². The van der Waals surface area contributed by atoms with Crippen molar-refractivity contribution in [2.24, 2.45) is 4.99 Å². The number of carbonyl (C=O) groups is 1. The van der Waals surface area contributed by atoms with Crippen LogP contribution in [0.4, 0.5) is 0 Å². The molecular formula is C18H31IN4OS.